The Balaban J connectivity index is 1.37. The smallest absolute Gasteiger partial charge is 0.253 e. The first-order chi connectivity index (χ1) is 19.5. The van der Waals surface area contributed by atoms with Crippen molar-refractivity contribution in [2.24, 2.45) is 0 Å². The average molecular weight is 542 g/mol. The number of pyridine rings is 1. The highest BCUT2D eigenvalue weighted by Gasteiger charge is 2.34. The van der Waals surface area contributed by atoms with E-state index in [1.165, 1.54) is 32.1 Å². The number of nitrogens with zero attached hydrogens (tertiary/aromatic N) is 6. The van der Waals surface area contributed by atoms with Crippen molar-refractivity contribution < 1.29 is 4.74 Å². The van der Waals surface area contributed by atoms with E-state index in [-0.39, 0.29) is 11.6 Å². The normalized spacial score (nSPS) is 18.3. The number of hydrogen-bond acceptors (Lipinski definition) is 7. The van der Waals surface area contributed by atoms with Crippen molar-refractivity contribution in [3.63, 3.8) is 0 Å². The van der Waals surface area contributed by atoms with E-state index in [0.29, 0.717) is 24.0 Å². The van der Waals surface area contributed by atoms with E-state index in [2.05, 4.69) is 55.4 Å². The van der Waals surface area contributed by atoms with Crippen molar-refractivity contribution in [3.8, 4) is 5.75 Å². The van der Waals surface area contributed by atoms with Crippen molar-refractivity contribution in [1.82, 2.24) is 35.0 Å². The van der Waals surface area contributed by atoms with Crippen LogP contribution in [0.25, 0.3) is 10.9 Å². The maximum absolute atomic E-state index is 13.7. The van der Waals surface area contributed by atoms with Gasteiger partial charge in [0.15, 0.2) is 5.82 Å². The number of aromatic amines is 1. The molecule has 2 fully saturated rings. The van der Waals surface area contributed by atoms with Gasteiger partial charge in [-0.3, -0.25) is 14.6 Å². The second-order valence-corrected chi connectivity index (χ2v) is 11.4. The lowest BCUT2D eigenvalue weighted by Crippen LogP contribution is -2.52. The summed E-state index contributed by atoms with van der Waals surface area (Å²) in [5.74, 6) is 1.50. The maximum atomic E-state index is 13.7. The number of aryl methyl sites for hydroxylation is 2. The Morgan fingerprint density at radius 2 is 1.70 bits per heavy atom. The van der Waals surface area contributed by atoms with Crippen LogP contribution < -0.4 is 10.3 Å². The molecule has 1 aliphatic carbocycles. The van der Waals surface area contributed by atoms with E-state index in [1.807, 2.05) is 35.9 Å². The standard InChI is InChI=1S/C31H39N7O2/c1-21-9-10-22(2)28-26(21)19-27(31(39)32-28)29(37-17-15-36(16-18-37)24-7-5-4-6-8-24)30-33-34-35-38(30)20-23-11-13-25(40-3)14-12-23/h9-14,19,24,29H,4-8,15-18,20H2,1-3H3,(H,32,39). The lowest BCUT2D eigenvalue weighted by Gasteiger charge is -2.43. The number of ether oxygens (including phenoxy) is 1. The summed E-state index contributed by atoms with van der Waals surface area (Å²) >= 11 is 0. The Morgan fingerprint density at radius 1 is 0.975 bits per heavy atom. The van der Waals surface area contributed by atoms with Gasteiger partial charge >= 0.3 is 0 Å². The highest BCUT2D eigenvalue weighted by Crippen LogP contribution is 2.31. The van der Waals surface area contributed by atoms with Gasteiger partial charge in [-0.15, -0.1) is 5.10 Å². The zero-order valence-electron chi connectivity index (χ0n) is 23.8. The third kappa shape index (κ3) is 5.28. The summed E-state index contributed by atoms with van der Waals surface area (Å²) in [6.07, 6.45) is 6.62. The van der Waals surface area contributed by atoms with Gasteiger partial charge in [-0.25, -0.2) is 4.68 Å². The van der Waals surface area contributed by atoms with Crippen molar-refractivity contribution in [2.45, 2.75) is 64.6 Å². The highest BCUT2D eigenvalue weighted by atomic mass is 16.5. The summed E-state index contributed by atoms with van der Waals surface area (Å²) in [5.41, 5.74) is 4.77. The quantitative estimate of drug-likeness (QED) is 0.374. The van der Waals surface area contributed by atoms with Crippen LogP contribution in [-0.2, 0) is 6.54 Å². The van der Waals surface area contributed by atoms with E-state index in [9.17, 15) is 4.79 Å². The van der Waals surface area contributed by atoms with Crippen molar-refractivity contribution in [2.75, 3.05) is 33.3 Å². The highest BCUT2D eigenvalue weighted by molar-refractivity contribution is 5.85. The molecule has 40 heavy (non-hydrogen) atoms. The zero-order chi connectivity index (χ0) is 27.6. The molecule has 3 heterocycles. The fraction of sp³-hybridized carbons (Fsp3) is 0.484. The minimum atomic E-state index is -0.352. The van der Waals surface area contributed by atoms with Crippen LogP contribution in [-0.4, -0.2) is 74.3 Å². The van der Waals surface area contributed by atoms with Gasteiger partial charge in [-0.2, -0.15) is 0 Å². The van der Waals surface area contributed by atoms with Gasteiger partial charge in [0.25, 0.3) is 5.56 Å². The maximum Gasteiger partial charge on any atom is 0.253 e. The molecule has 4 aromatic rings. The summed E-state index contributed by atoms with van der Waals surface area (Å²) in [5, 5.41) is 14.1. The van der Waals surface area contributed by atoms with E-state index in [0.717, 1.165) is 59.5 Å². The molecule has 1 atom stereocenters. The van der Waals surface area contributed by atoms with Gasteiger partial charge < -0.3 is 9.72 Å². The second kappa shape index (κ2) is 11.5. The lowest BCUT2D eigenvalue weighted by atomic mass is 9.93. The predicted octanol–water partition coefficient (Wildman–Crippen LogP) is 4.23. The molecule has 1 unspecified atom stereocenters. The molecule has 9 nitrogen and oxygen atoms in total. The molecule has 0 radical (unpaired) electrons. The Hall–Kier alpha value is -3.56. The molecule has 1 saturated heterocycles. The van der Waals surface area contributed by atoms with Crippen molar-refractivity contribution >= 4 is 10.9 Å². The average Bonchev–Trinajstić information content (AvgIpc) is 3.44. The molecule has 6 rings (SSSR count). The second-order valence-electron chi connectivity index (χ2n) is 11.4. The van der Waals surface area contributed by atoms with E-state index < -0.39 is 0 Å². The number of tetrazole rings is 1. The molecule has 9 heteroatoms. The number of piperazine rings is 1. The number of H-pyrrole nitrogens is 1. The molecule has 1 saturated carbocycles. The van der Waals surface area contributed by atoms with Crippen molar-refractivity contribution in [3.05, 3.63) is 80.9 Å². The van der Waals surface area contributed by atoms with Crippen LogP contribution in [0.5, 0.6) is 5.75 Å². The fourth-order valence-corrected chi connectivity index (χ4v) is 6.52. The van der Waals surface area contributed by atoms with E-state index in [1.54, 1.807) is 7.11 Å². The van der Waals surface area contributed by atoms with Gasteiger partial charge in [-0.05, 0) is 72.0 Å². The monoisotopic (exact) mass is 541 g/mol. The van der Waals surface area contributed by atoms with E-state index >= 15 is 0 Å². The zero-order valence-corrected chi connectivity index (χ0v) is 23.8. The Labute approximate surface area is 235 Å². The predicted molar refractivity (Wildman–Crippen MR) is 156 cm³/mol. The number of hydrogen-bond donors (Lipinski definition) is 1. The molecular formula is C31H39N7O2. The first-order valence-corrected chi connectivity index (χ1v) is 14.5. The topological polar surface area (TPSA) is 92.2 Å². The first kappa shape index (κ1) is 26.7. The van der Waals surface area contributed by atoms with Gasteiger partial charge in [0.1, 0.15) is 11.8 Å². The Morgan fingerprint density at radius 3 is 2.42 bits per heavy atom. The van der Waals surface area contributed by atoms with E-state index in [4.69, 9.17) is 4.74 Å². The number of aromatic nitrogens is 5. The third-order valence-corrected chi connectivity index (χ3v) is 8.87. The molecule has 210 valence electrons. The molecular weight excluding hydrogens is 502 g/mol. The first-order valence-electron chi connectivity index (χ1n) is 14.5. The fourth-order valence-electron chi connectivity index (χ4n) is 6.52. The summed E-state index contributed by atoms with van der Waals surface area (Å²) in [6, 6.07) is 14.5. The Bertz CT molecular complexity index is 1510. The minimum absolute atomic E-state index is 0.0834. The molecule has 0 bridgehead atoms. The van der Waals surface area contributed by atoms with Crippen LogP contribution in [0.3, 0.4) is 0 Å². The molecule has 1 aliphatic heterocycles. The summed E-state index contributed by atoms with van der Waals surface area (Å²) in [7, 11) is 1.66. The van der Waals surface area contributed by atoms with Gasteiger partial charge in [0.05, 0.1) is 19.2 Å². The van der Waals surface area contributed by atoms with Gasteiger partial charge in [0, 0.05) is 43.2 Å². The Kier molecular flexibility index (Phi) is 7.67. The largest absolute Gasteiger partial charge is 0.497 e. The van der Waals surface area contributed by atoms with Crippen LogP contribution in [0.4, 0.5) is 0 Å². The molecule has 0 amide bonds. The summed E-state index contributed by atoms with van der Waals surface area (Å²) in [6.45, 7) is 8.34. The summed E-state index contributed by atoms with van der Waals surface area (Å²) < 4.78 is 7.17. The molecule has 2 aromatic carbocycles. The van der Waals surface area contributed by atoms with Crippen LogP contribution in [0.1, 0.15) is 66.2 Å². The SMILES string of the molecule is COc1ccc(Cn2nnnc2C(c2cc3c(C)ccc(C)c3[nH]c2=O)N2CCN(C3CCCCC3)CC2)cc1. The third-order valence-electron chi connectivity index (χ3n) is 8.87. The number of rotatable bonds is 7. The lowest BCUT2D eigenvalue weighted by molar-refractivity contribution is 0.0618. The van der Waals surface area contributed by atoms with Gasteiger partial charge in [0.2, 0.25) is 0 Å². The molecule has 2 aliphatic rings. The number of methoxy groups -OCH3 is 1. The van der Waals surface area contributed by atoms with Crippen molar-refractivity contribution in [1.29, 1.82) is 0 Å². The number of fused-ring (bicyclic) bond motifs is 1. The molecule has 0 spiro atoms. The van der Waals surface area contributed by atoms with Gasteiger partial charge in [-0.1, -0.05) is 43.5 Å². The van der Waals surface area contributed by atoms with Crippen LogP contribution >= 0.6 is 0 Å². The molecule has 2 aromatic heterocycles. The number of nitrogens with one attached hydrogen (secondary N) is 1. The van der Waals surface area contributed by atoms with Crippen LogP contribution in [0.15, 0.2) is 47.3 Å². The minimum Gasteiger partial charge on any atom is -0.497 e. The molecule has 1 N–H and O–H groups in total. The number of benzene rings is 2. The van der Waals surface area contributed by atoms with Crippen LogP contribution in [0, 0.1) is 13.8 Å². The van der Waals surface area contributed by atoms with Crippen LogP contribution in [0.2, 0.25) is 0 Å². The summed E-state index contributed by atoms with van der Waals surface area (Å²) in [4.78, 5) is 22.0.